The van der Waals surface area contributed by atoms with Gasteiger partial charge in [0.05, 0.1) is 21.3 Å². The molecule has 0 radical (unpaired) electrons. The van der Waals surface area contributed by atoms with Crippen LogP contribution in [0.2, 0.25) is 0 Å². The van der Waals surface area contributed by atoms with Crippen molar-refractivity contribution in [1.29, 1.82) is 0 Å². The number of fused-ring (bicyclic) bond motifs is 1. The normalized spacial score (nSPS) is 10.6. The molecule has 3 aromatic rings. The van der Waals surface area contributed by atoms with Crippen LogP contribution in [0.15, 0.2) is 42.7 Å². The molecule has 0 amide bonds. The molecule has 0 atom stereocenters. The second-order valence-corrected chi connectivity index (χ2v) is 5.98. The van der Waals surface area contributed by atoms with Gasteiger partial charge in [0.25, 0.3) is 0 Å². The Morgan fingerprint density at radius 3 is 2.27 bits per heavy atom. The van der Waals surface area contributed by atoms with Crippen molar-refractivity contribution in [1.82, 2.24) is 4.98 Å². The Kier molecular flexibility index (Phi) is 5.46. The zero-order valence-corrected chi connectivity index (χ0v) is 15.6. The smallest absolute Gasteiger partial charge is 0.203 e. The van der Waals surface area contributed by atoms with Crippen LogP contribution < -0.4 is 19.5 Å². The minimum atomic E-state index is 0.602. The third-order valence-electron chi connectivity index (χ3n) is 4.34. The second kappa shape index (κ2) is 7.95. The molecule has 0 unspecified atom stereocenters. The number of benzene rings is 2. The fourth-order valence-corrected chi connectivity index (χ4v) is 3.15. The molecule has 0 aliphatic heterocycles. The number of hydrogen-bond donors (Lipinski definition) is 1. The van der Waals surface area contributed by atoms with Crippen molar-refractivity contribution >= 4 is 16.5 Å². The summed E-state index contributed by atoms with van der Waals surface area (Å²) in [4.78, 5) is 4.41. The van der Waals surface area contributed by atoms with Crippen LogP contribution in [-0.4, -0.2) is 32.9 Å². The van der Waals surface area contributed by atoms with Crippen molar-refractivity contribution in [3.63, 3.8) is 0 Å². The molecule has 1 N–H and O–H groups in total. The van der Waals surface area contributed by atoms with E-state index in [0.717, 1.165) is 35.2 Å². The van der Waals surface area contributed by atoms with Gasteiger partial charge in [-0.1, -0.05) is 6.07 Å². The summed E-state index contributed by atoms with van der Waals surface area (Å²) in [7, 11) is 4.86. The molecule has 0 aliphatic carbocycles. The van der Waals surface area contributed by atoms with Crippen molar-refractivity contribution in [2.45, 2.75) is 13.3 Å². The van der Waals surface area contributed by atoms with Gasteiger partial charge in [-0.3, -0.25) is 4.98 Å². The number of rotatable bonds is 7. The second-order valence-electron chi connectivity index (χ2n) is 5.98. The third kappa shape index (κ3) is 3.52. The van der Waals surface area contributed by atoms with Crippen LogP contribution in [0.5, 0.6) is 17.2 Å². The molecule has 3 rings (SSSR count). The van der Waals surface area contributed by atoms with Gasteiger partial charge < -0.3 is 19.5 Å². The molecular weight excluding hydrogens is 328 g/mol. The predicted octanol–water partition coefficient (Wildman–Crippen LogP) is 4.28. The van der Waals surface area contributed by atoms with Gasteiger partial charge in [-0.25, -0.2) is 0 Å². The number of nitrogens with one attached hydrogen (secondary N) is 1. The topological polar surface area (TPSA) is 52.6 Å². The van der Waals surface area contributed by atoms with E-state index in [2.05, 4.69) is 35.4 Å². The summed E-state index contributed by atoms with van der Waals surface area (Å²) in [6, 6.07) is 10.3. The first-order chi connectivity index (χ1) is 12.7. The Hall–Kier alpha value is -2.95. The first-order valence-electron chi connectivity index (χ1n) is 8.59. The molecule has 0 saturated heterocycles. The van der Waals surface area contributed by atoms with Crippen molar-refractivity contribution in [3.05, 3.63) is 53.9 Å². The van der Waals surface area contributed by atoms with Crippen LogP contribution in [0.4, 0.5) is 5.69 Å². The lowest BCUT2D eigenvalue weighted by atomic mass is 10.00. The van der Waals surface area contributed by atoms with E-state index in [1.165, 1.54) is 5.39 Å². The highest BCUT2D eigenvalue weighted by Gasteiger charge is 2.14. The van der Waals surface area contributed by atoms with Crippen LogP contribution in [0.3, 0.4) is 0 Å². The molecule has 136 valence electrons. The van der Waals surface area contributed by atoms with Crippen LogP contribution in [-0.2, 0) is 6.42 Å². The number of hydrogen-bond acceptors (Lipinski definition) is 5. The van der Waals surface area contributed by atoms with Gasteiger partial charge in [0.1, 0.15) is 0 Å². The summed E-state index contributed by atoms with van der Waals surface area (Å²) in [5.74, 6) is 1.92. The van der Waals surface area contributed by atoms with Crippen LogP contribution in [0.25, 0.3) is 10.8 Å². The summed E-state index contributed by atoms with van der Waals surface area (Å²) in [5.41, 5.74) is 3.33. The SMILES string of the molecule is CCNc1ccc2c(Cc3cc(OC)c(OC)c(OC)c3)cncc2c1. The summed E-state index contributed by atoms with van der Waals surface area (Å²) in [6.07, 6.45) is 4.54. The monoisotopic (exact) mass is 352 g/mol. The van der Waals surface area contributed by atoms with Gasteiger partial charge in [-0.2, -0.15) is 0 Å². The van der Waals surface area contributed by atoms with Crippen LogP contribution in [0, 0.1) is 0 Å². The molecule has 0 bridgehead atoms. The Bertz CT molecular complexity index is 884. The zero-order chi connectivity index (χ0) is 18.5. The summed E-state index contributed by atoms with van der Waals surface area (Å²) in [5, 5.41) is 5.65. The number of methoxy groups -OCH3 is 3. The first kappa shape index (κ1) is 17.9. The molecule has 26 heavy (non-hydrogen) atoms. The molecular formula is C21H24N2O3. The Balaban J connectivity index is 2.01. The molecule has 5 nitrogen and oxygen atoms in total. The van der Waals surface area contributed by atoms with E-state index in [0.29, 0.717) is 17.2 Å². The fourth-order valence-electron chi connectivity index (χ4n) is 3.15. The van der Waals surface area contributed by atoms with Gasteiger partial charge >= 0.3 is 0 Å². The highest BCUT2D eigenvalue weighted by molar-refractivity contribution is 5.88. The van der Waals surface area contributed by atoms with Crippen molar-refractivity contribution in [2.24, 2.45) is 0 Å². The summed E-state index contributed by atoms with van der Waals surface area (Å²) in [6.45, 7) is 2.98. The van der Waals surface area contributed by atoms with Crippen LogP contribution >= 0.6 is 0 Å². The lowest BCUT2D eigenvalue weighted by Crippen LogP contribution is -1.99. The number of nitrogens with zero attached hydrogens (tertiary/aromatic N) is 1. The average Bonchev–Trinajstić information content (AvgIpc) is 2.67. The maximum Gasteiger partial charge on any atom is 0.203 e. The van der Waals surface area contributed by atoms with Gasteiger partial charge in [-0.05, 0) is 54.1 Å². The minimum absolute atomic E-state index is 0.602. The lowest BCUT2D eigenvalue weighted by molar-refractivity contribution is 0.324. The Labute approximate surface area is 153 Å². The highest BCUT2D eigenvalue weighted by Crippen LogP contribution is 2.39. The Morgan fingerprint density at radius 1 is 0.923 bits per heavy atom. The molecule has 0 spiro atoms. The highest BCUT2D eigenvalue weighted by atomic mass is 16.5. The molecule has 1 aromatic heterocycles. The quantitative estimate of drug-likeness (QED) is 0.688. The van der Waals surface area contributed by atoms with Gasteiger partial charge in [0.2, 0.25) is 5.75 Å². The van der Waals surface area contributed by atoms with E-state index in [4.69, 9.17) is 14.2 Å². The maximum absolute atomic E-state index is 5.46. The fraction of sp³-hybridized carbons (Fsp3) is 0.286. The van der Waals surface area contributed by atoms with E-state index in [1.54, 1.807) is 21.3 Å². The van der Waals surface area contributed by atoms with Gasteiger partial charge in [0, 0.05) is 30.0 Å². The predicted molar refractivity (Wildman–Crippen MR) is 105 cm³/mol. The lowest BCUT2D eigenvalue weighted by Gasteiger charge is -2.15. The average molecular weight is 352 g/mol. The van der Waals surface area contributed by atoms with E-state index < -0.39 is 0 Å². The molecule has 0 fully saturated rings. The van der Waals surface area contributed by atoms with Crippen molar-refractivity contribution < 1.29 is 14.2 Å². The van der Waals surface area contributed by atoms with Gasteiger partial charge in [0.15, 0.2) is 11.5 Å². The van der Waals surface area contributed by atoms with E-state index in [1.807, 2.05) is 24.5 Å². The molecule has 1 heterocycles. The van der Waals surface area contributed by atoms with E-state index in [9.17, 15) is 0 Å². The Morgan fingerprint density at radius 2 is 1.65 bits per heavy atom. The van der Waals surface area contributed by atoms with Crippen LogP contribution in [0.1, 0.15) is 18.1 Å². The molecule has 2 aromatic carbocycles. The van der Waals surface area contributed by atoms with E-state index >= 15 is 0 Å². The number of pyridine rings is 1. The molecule has 5 heteroatoms. The standard InChI is InChI=1S/C21H24N2O3/c1-5-23-17-6-7-18-15(12-22-13-16(18)11-17)8-14-9-19(24-2)21(26-4)20(10-14)25-3/h6-7,9-13,23H,5,8H2,1-4H3. The van der Waals surface area contributed by atoms with Crippen molar-refractivity contribution in [3.8, 4) is 17.2 Å². The maximum atomic E-state index is 5.46. The number of anilines is 1. The van der Waals surface area contributed by atoms with Gasteiger partial charge in [-0.15, -0.1) is 0 Å². The molecule has 0 aliphatic rings. The molecule has 0 saturated carbocycles. The number of ether oxygens (including phenoxy) is 3. The zero-order valence-electron chi connectivity index (χ0n) is 15.6. The summed E-state index contributed by atoms with van der Waals surface area (Å²) >= 11 is 0. The third-order valence-corrected chi connectivity index (χ3v) is 4.34. The summed E-state index contributed by atoms with van der Waals surface area (Å²) < 4.78 is 16.3. The number of aromatic nitrogens is 1. The first-order valence-corrected chi connectivity index (χ1v) is 8.59. The van der Waals surface area contributed by atoms with E-state index in [-0.39, 0.29) is 0 Å². The largest absolute Gasteiger partial charge is 0.493 e. The minimum Gasteiger partial charge on any atom is -0.493 e. The van der Waals surface area contributed by atoms with Crippen molar-refractivity contribution in [2.75, 3.05) is 33.2 Å².